The summed E-state index contributed by atoms with van der Waals surface area (Å²) < 4.78 is 0. The Hall–Kier alpha value is -5.44. The quantitative estimate of drug-likeness (QED) is 0.0731. The van der Waals surface area contributed by atoms with E-state index in [1.165, 1.54) is 5.56 Å². The van der Waals surface area contributed by atoms with Gasteiger partial charge in [0.05, 0.1) is 5.69 Å². The van der Waals surface area contributed by atoms with Crippen molar-refractivity contribution >= 4 is 35.2 Å². The minimum atomic E-state index is -1.00. The zero-order valence-corrected chi connectivity index (χ0v) is 27.9. The van der Waals surface area contributed by atoms with E-state index in [4.69, 9.17) is 22.3 Å². The second kappa shape index (κ2) is 18.2. The number of carboxylic acid groups (broad SMARTS) is 1. The second-order valence-corrected chi connectivity index (χ2v) is 11.8. The van der Waals surface area contributed by atoms with Gasteiger partial charge >= 0.3 is 5.97 Å². The van der Waals surface area contributed by atoms with Gasteiger partial charge in [-0.2, -0.15) is 0 Å². The van der Waals surface area contributed by atoms with Crippen LogP contribution in [0.5, 0.6) is 0 Å². The number of nitrogens with zero attached hydrogens (tertiary/aromatic N) is 6. The molecule has 4 aromatic rings. The Labute approximate surface area is 286 Å². The zero-order valence-electron chi connectivity index (χ0n) is 27.9. The summed E-state index contributed by atoms with van der Waals surface area (Å²) >= 11 is 0. The number of aliphatic carboxylic acids is 1. The molecule has 0 unspecified atom stereocenters. The molecule has 3 heterocycles. The zero-order chi connectivity index (χ0) is 35.2. The summed E-state index contributed by atoms with van der Waals surface area (Å²) in [4.78, 5) is 44.8. The molecule has 0 radical (unpaired) electrons. The number of carbonyl (C=O) groups is 2. The predicted octanol–water partition coefficient (Wildman–Crippen LogP) is 3.04. The summed E-state index contributed by atoms with van der Waals surface area (Å²) in [7, 11) is 2.16. The van der Waals surface area contributed by atoms with Crippen LogP contribution in [0.2, 0.25) is 0 Å². The number of anilines is 3. The molecule has 9 N–H and O–H groups in total. The Kier molecular flexibility index (Phi) is 13.5. The van der Waals surface area contributed by atoms with Crippen LogP contribution in [0.25, 0.3) is 11.3 Å². The van der Waals surface area contributed by atoms with Gasteiger partial charge in [-0.3, -0.25) is 24.5 Å². The Morgan fingerprint density at radius 2 is 1.78 bits per heavy atom. The molecular formula is C35H45N11O3. The summed E-state index contributed by atoms with van der Waals surface area (Å²) in [5.41, 5.74) is 21.4. The van der Waals surface area contributed by atoms with Crippen molar-refractivity contribution in [2.75, 3.05) is 50.4 Å². The van der Waals surface area contributed by atoms with Gasteiger partial charge < -0.3 is 37.8 Å². The van der Waals surface area contributed by atoms with Crippen LogP contribution in [0.3, 0.4) is 0 Å². The number of carbonyl (C=O) groups excluding carboxylic acids is 1. The van der Waals surface area contributed by atoms with Crippen LogP contribution in [0, 0.1) is 6.92 Å². The summed E-state index contributed by atoms with van der Waals surface area (Å²) in [5, 5.41) is 14.7. The second-order valence-electron chi connectivity index (χ2n) is 11.8. The predicted molar refractivity (Wildman–Crippen MR) is 192 cm³/mol. The molecule has 14 nitrogen and oxygen atoms in total. The number of likely N-dealkylation sites (N-methyl/N-ethyl adjacent to an activating group) is 1. The van der Waals surface area contributed by atoms with E-state index in [2.05, 4.69) is 47.4 Å². The smallest absolute Gasteiger partial charge is 0.320 e. The molecule has 1 fully saturated rings. The first kappa shape index (κ1) is 36.4. The SMILES string of the molecule is Cc1ccc(NC(=O)c2ccc(CN3CCN(C)CC3)cc2)cc1Nc1nccc(-c2cccnc2)n1.NC(N)=NCCC[C@H](N)C(=O)O. The molecule has 14 heteroatoms. The van der Waals surface area contributed by atoms with E-state index in [1.807, 2.05) is 67.6 Å². The van der Waals surface area contributed by atoms with Crippen LogP contribution in [-0.4, -0.2) is 93.5 Å². The largest absolute Gasteiger partial charge is 0.480 e. The molecule has 0 aliphatic carbocycles. The van der Waals surface area contributed by atoms with E-state index in [0.717, 1.165) is 55.2 Å². The van der Waals surface area contributed by atoms with Gasteiger partial charge in [0.1, 0.15) is 6.04 Å². The van der Waals surface area contributed by atoms with Crippen LogP contribution in [0.1, 0.15) is 34.3 Å². The molecule has 0 spiro atoms. The van der Waals surface area contributed by atoms with Crippen molar-refractivity contribution in [3.05, 3.63) is 95.9 Å². The maximum Gasteiger partial charge on any atom is 0.320 e. The maximum absolute atomic E-state index is 12.9. The molecular weight excluding hydrogens is 622 g/mol. The minimum absolute atomic E-state index is 0.0129. The van der Waals surface area contributed by atoms with E-state index < -0.39 is 12.0 Å². The van der Waals surface area contributed by atoms with Crippen LogP contribution < -0.4 is 27.8 Å². The first-order valence-electron chi connectivity index (χ1n) is 16.0. The lowest BCUT2D eigenvalue weighted by Crippen LogP contribution is -2.43. The minimum Gasteiger partial charge on any atom is -0.480 e. The van der Waals surface area contributed by atoms with Crippen molar-refractivity contribution in [2.45, 2.75) is 32.4 Å². The summed E-state index contributed by atoms with van der Waals surface area (Å²) in [5.74, 6) is -0.654. The normalized spacial score (nSPS) is 13.8. The Morgan fingerprint density at radius 3 is 2.45 bits per heavy atom. The standard InChI is InChI=1S/C29H31N7O.C6H14N4O2/c1-21-5-10-25(18-27(21)34-29-31-13-11-26(33-29)24-4-3-12-30-19-24)32-28(37)23-8-6-22(7-9-23)20-36-16-14-35(2)15-17-36;7-4(5(11)12)2-1-3-10-6(8)9/h3-13,18-19H,14-17,20H2,1-2H3,(H,32,37)(H,31,33,34);4H,1-3,7H2,(H,11,12)(H4,8,9,10)/t;4-/m.0/s1. The van der Waals surface area contributed by atoms with Crippen molar-refractivity contribution in [1.82, 2.24) is 24.8 Å². The van der Waals surface area contributed by atoms with E-state index in [0.29, 0.717) is 36.6 Å². The van der Waals surface area contributed by atoms with E-state index in [9.17, 15) is 9.59 Å². The average Bonchev–Trinajstić information content (AvgIpc) is 3.10. The first-order chi connectivity index (χ1) is 23.6. The summed E-state index contributed by atoms with van der Waals surface area (Å²) in [6.45, 7) is 7.66. The Balaban J connectivity index is 0.000000386. The highest BCUT2D eigenvalue weighted by molar-refractivity contribution is 6.04. The number of aryl methyl sites for hydroxylation is 1. The number of aromatic nitrogens is 3. The van der Waals surface area contributed by atoms with Crippen molar-refractivity contribution in [2.24, 2.45) is 22.2 Å². The number of pyridine rings is 1. The van der Waals surface area contributed by atoms with E-state index >= 15 is 0 Å². The van der Waals surface area contributed by atoms with Crippen LogP contribution in [-0.2, 0) is 11.3 Å². The molecule has 258 valence electrons. The highest BCUT2D eigenvalue weighted by atomic mass is 16.4. The molecule has 5 rings (SSSR count). The van der Waals surface area contributed by atoms with Crippen molar-refractivity contribution in [1.29, 1.82) is 0 Å². The fourth-order valence-electron chi connectivity index (χ4n) is 4.92. The lowest BCUT2D eigenvalue weighted by molar-refractivity contribution is -0.138. The highest BCUT2D eigenvalue weighted by Crippen LogP contribution is 2.25. The van der Waals surface area contributed by atoms with Gasteiger partial charge in [0.2, 0.25) is 5.95 Å². The molecule has 0 bridgehead atoms. The lowest BCUT2D eigenvalue weighted by atomic mass is 10.1. The van der Waals surface area contributed by atoms with Gasteiger partial charge in [0.15, 0.2) is 5.96 Å². The third-order valence-corrected chi connectivity index (χ3v) is 7.86. The monoisotopic (exact) mass is 667 g/mol. The fraction of sp³-hybridized carbons (Fsp3) is 0.314. The number of aliphatic imine (C=N–C) groups is 1. The number of piperazine rings is 1. The third kappa shape index (κ3) is 11.9. The lowest BCUT2D eigenvalue weighted by Gasteiger charge is -2.32. The number of nitrogens with two attached hydrogens (primary N) is 3. The van der Waals surface area contributed by atoms with Crippen LogP contribution in [0.15, 0.2) is 84.2 Å². The Bertz CT molecular complexity index is 1690. The number of benzene rings is 2. The molecule has 0 saturated carbocycles. The van der Waals surface area contributed by atoms with Gasteiger partial charge in [-0.05, 0) is 80.4 Å². The number of hydrogen-bond donors (Lipinski definition) is 6. The maximum atomic E-state index is 12.9. The number of guanidine groups is 1. The van der Waals surface area contributed by atoms with Gasteiger partial charge in [-0.1, -0.05) is 18.2 Å². The van der Waals surface area contributed by atoms with Crippen molar-refractivity contribution in [3.8, 4) is 11.3 Å². The fourth-order valence-corrected chi connectivity index (χ4v) is 4.92. The van der Waals surface area contributed by atoms with Crippen LogP contribution in [0.4, 0.5) is 17.3 Å². The average molecular weight is 668 g/mol. The number of carboxylic acids is 1. The topological polar surface area (TPSA) is 214 Å². The number of amides is 1. The van der Waals surface area contributed by atoms with Gasteiger partial charge in [-0.25, -0.2) is 9.97 Å². The Morgan fingerprint density at radius 1 is 1.02 bits per heavy atom. The molecule has 2 aromatic carbocycles. The first-order valence-corrected chi connectivity index (χ1v) is 16.0. The van der Waals surface area contributed by atoms with Crippen molar-refractivity contribution < 1.29 is 14.7 Å². The number of nitrogens with one attached hydrogen (secondary N) is 2. The molecule has 1 atom stereocenters. The summed E-state index contributed by atoms with van der Waals surface area (Å²) in [6, 6.07) is 18.5. The molecule has 49 heavy (non-hydrogen) atoms. The van der Waals surface area contributed by atoms with Gasteiger partial charge in [0, 0.05) is 80.4 Å². The van der Waals surface area contributed by atoms with Gasteiger partial charge in [0.25, 0.3) is 5.91 Å². The van der Waals surface area contributed by atoms with E-state index in [1.54, 1.807) is 18.6 Å². The molecule has 1 aliphatic heterocycles. The molecule has 1 saturated heterocycles. The van der Waals surface area contributed by atoms with Crippen molar-refractivity contribution in [3.63, 3.8) is 0 Å². The van der Waals surface area contributed by atoms with Gasteiger partial charge in [-0.15, -0.1) is 0 Å². The molecule has 2 aromatic heterocycles. The molecule has 1 amide bonds. The number of rotatable bonds is 12. The number of hydrogen-bond acceptors (Lipinski definition) is 10. The third-order valence-electron chi connectivity index (χ3n) is 7.86. The highest BCUT2D eigenvalue weighted by Gasteiger charge is 2.15. The van der Waals surface area contributed by atoms with Crippen LogP contribution >= 0.6 is 0 Å². The van der Waals surface area contributed by atoms with E-state index in [-0.39, 0.29) is 11.9 Å². The molecule has 1 aliphatic rings. The summed E-state index contributed by atoms with van der Waals surface area (Å²) in [6.07, 6.45) is 6.17.